The Morgan fingerprint density at radius 3 is 1.89 bits per heavy atom. The highest BCUT2D eigenvalue weighted by Crippen LogP contribution is 2.20. The monoisotopic (exact) mass is 395 g/mol. The van der Waals surface area contributed by atoms with E-state index in [0.29, 0.717) is 0 Å². The predicted octanol–water partition coefficient (Wildman–Crippen LogP) is 8.22. The molecule has 0 unspecified atom stereocenters. The Morgan fingerprint density at radius 1 is 0.778 bits per heavy atom. The summed E-state index contributed by atoms with van der Waals surface area (Å²) in [7, 11) is 0. The van der Waals surface area contributed by atoms with Gasteiger partial charge in [0.25, 0.3) is 0 Å². The molecule has 0 aliphatic carbocycles. The van der Waals surface area contributed by atoms with Crippen molar-refractivity contribution >= 4 is 17.0 Å². The van der Waals surface area contributed by atoms with Gasteiger partial charge in [-0.05, 0) is 19.4 Å². The van der Waals surface area contributed by atoms with E-state index in [1.54, 1.807) is 0 Å². The van der Waals surface area contributed by atoms with E-state index in [0.717, 1.165) is 26.2 Å². The molecule has 0 atom stereocenters. The Balaban J connectivity index is 1.80. The second-order valence-electron chi connectivity index (χ2n) is 7.77. The molecule has 0 bridgehead atoms. The van der Waals surface area contributed by atoms with Gasteiger partial charge in [0, 0.05) is 35.5 Å². The molecule has 1 heterocycles. The molecular formula is C24H45NOS. The van der Waals surface area contributed by atoms with Crippen LogP contribution >= 0.6 is 11.3 Å². The average molecular weight is 396 g/mol. The first-order valence-corrected chi connectivity index (χ1v) is 12.6. The second-order valence-corrected chi connectivity index (χ2v) is 8.77. The quantitative estimate of drug-likeness (QED) is 0.224. The third-order valence-electron chi connectivity index (χ3n) is 5.21. The summed E-state index contributed by atoms with van der Waals surface area (Å²) in [5, 5.41) is 5.81. The van der Waals surface area contributed by atoms with E-state index in [9.17, 15) is 0 Å². The number of ether oxygens (including phenoxy) is 1. The average Bonchev–Trinajstić information content (AvgIpc) is 3.13. The lowest BCUT2D eigenvalue weighted by Gasteiger charge is -2.05. The lowest BCUT2D eigenvalue weighted by atomic mass is 10.0. The summed E-state index contributed by atoms with van der Waals surface area (Å²) >= 11 is 1.84. The van der Waals surface area contributed by atoms with Gasteiger partial charge in [-0.25, -0.2) is 0 Å². The number of hydrogen-bond donors (Lipinski definition) is 1. The van der Waals surface area contributed by atoms with Crippen LogP contribution in [0.15, 0.2) is 11.4 Å². The SMILES string of the molecule is CCCCCCCCCCCCCCCCNc1csc(CCOCC)c1. The minimum atomic E-state index is 0.815. The first-order valence-electron chi connectivity index (χ1n) is 11.8. The highest BCUT2D eigenvalue weighted by molar-refractivity contribution is 7.10. The van der Waals surface area contributed by atoms with E-state index in [2.05, 4.69) is 30.6 Å². The molecule has 27 heavy (non-hydrogen) atoms. The molecule has 0 aliphatic heterocycles. The standard InChI is InChI=1S/C24H45NOS/c1-3-5-6-7-8-9-10-11-12-13-14-15-16-17-19-25-23-21-24(27-22-23)18-20-26-4-2/h21-22,25H,3-20H2,1-2H3. The minimum Gasteiger partial charge on any atom is -0.384 e. The molecule has 0 amide bonds. The third kappa shape index (κ3) is 15.1. The maximum Gasteiger partial charge on any atom is 0.0514 e. The number of hydrogen-bond acceptors (Lipinski definition) is 3. The van der Waals surface area contributed by atoms with Gasteiger partial charge in [0.1, 0.15) is 0 Å². The highest BCUT2D eigenvalue weighted by Gasteiger charge is 2.00. The van der Waals surface area contributed by atoms with Crippen molar-refractivity contribution in [2.45, 2.75) is 110 Å². The van der Waals surface area contributed by atoms with Gasteiger partial charge in [0.15, 0.2) is 0 Å². The summed E-state index contributed by atoms with van der Waals surface area (Å²) in [6.07, 6.45) is 21.0. The largest absolute Gasteiger partial charge is 0.384 e. The molecule has 0 radical (unpaired) electrons. The van der Waals surface area contributed by atoms with Crippen molar-refractivity contribution in [1.82, 2.24) is 0 Å². The van der Waals surface area contributed by atoms with Gasteiger partial charge in [0.2, 0.25) is 0 Å². The van der Waals surface area contributed by atoms with Crippen LogP contribution in [0.4, 0.5) is 5.69 Å². The normalized spacial score (nSPS) is 11.2. The van der Waals surface area contributed by atoms with Crippen LogP contribution in [0.1, 0.15) is 109 Å². The van der Waals surface area contributed by atoms with Crippen molar-refractivity contribution in [1.29, 1.82) is 0 Å². The topological polar surface area (TPSA) is 21.3 Å². The molecular weight excluding hydrogens is 350 g/mol. The van der Waals surface area contributed by atoms with Crippen LogP contribution in [0.3, 0.4) is 0 Å². The molecule has 3 heteroatoms. The summed E-state index contributed by atoms with van der Waals surface area (Å²) in [4.78, 5) is 1.42. The number of rotatable bonds is 20. The molecule has 1 rings (SSSR count). The number of thiophene rings is 1. The lowest BCUT2D eigenvalue weighted by molar-refractivity contribution is 0.151. The van der Waals surface area contributed by atoms with Crippen molar-refractivity contribution < 1.29 is 4.74 Å². The fourth-order valence-corrected chi connectivity index (χ4v) is 4.30. The Bertz CT molecular complexity index is 418. The molecule has 1 aromatic heterocycles. The van der Waals surface area contributed by atoms with E-state index >= 15 is 0 Å². The number of anilines is 1. The first-order chi connectivity index (χ1) is 13.4. The molecule has 0 saturated heterocycles. The molecule has 0 saturated carbocycles. The third-order valence-corrected chi connectivity index (χ3v) is 6.21. The zero-order valence-corrected chi connectivity index (χ0v) is 19.0. The van der Waals surface area contributed by atoms with Crippen molar-refractivity contribution in [3.05, 3.63) is 16.3 Å². The van der Waals surface area contributed by atoms with Crippen LogP contribution < -0.4 is 5.32 Å². The van der Waals surface area contributed by atoms with Gasteiger partial charge in [-0.1, -0.05) is 90.4 Å². The van der Waals surface area contributed by atoms with Crippen LogP contribution in [0, 0.1) is 0 Å². The summed E-state index contributed by atoms with van der Waals surface area (Å²) in [6, 6.07) is 2.29. The fraction of sp³-hybridized carbons (Fsp3) is 0.833. The maximum absolute atomic E-state index is 5.42. The van der Waals surface area contributed by atoms with E-state index < -0.39 is 0 Å². The number of nitrogens with one attached hydrogen (secondary N) is 1. The number of unbranched alkanes of at least 4 members (excludes halogenated alkanes) is 13. The second kappa shape index (κ2) is 18.8. The highest BCUT2D eigenvalue weighted by atomic mass is 32.1. The summed E-state index contributed by atoms with van der Waals surface area (Å²) in [6.45, 7) is 7.11. The van der Waals surface area contributed by atoms with Crippen molar-refractivity contribution in [3.8, 4) is 0 Å². The van der Waals surface area contributed by atoms with Gasteiger partial charge >= 0.3 is 0 Å². The van der Waals surface area contributed by atoms with Gasteiger partial charge < -0.3 is 10.1 Å². The van der Waals surface area contributed by atoms with Gasteiger partial charge in [-0.3, -0.25) is 0 Å². The molecule has 2 nitrogen and oxygen atoms in total. The molecule has 158 valence electrons. The molecule has 0 aliphatic rings. The van der Waals surface area contributed by atoms with Crippen molar-refractivity contribution in [3.63, 3.8) is 0 Å². The van der Waals surface area contributed by atoms with Crippen molar-refractivity contribution in [2.24, 2.45) is 0 Å². The Morgan fingerprint density at radius 2 is 1.33 bits per heavy atom. The van der Waals surface area contributed by atoms with E-state index in [1.165, 1.54) is 100 Å². The molecule has 0 aromatic carbocycles. The molecule has 0 spiro atoms. The minimum absolute atomic E-state index is 0.815. The fourth-order valence-electron chi connectivity index (χ4n) is 3.47. The van der Waals surface area contributed by atoms with Crippen LogP contribution in [0.25, 0.3) is 0 Å². The Labute approximate surface area is 173 Å². The van der Waals surface area contributed by atoms with Crippen LogP contribution in [-0.4, -0.2) is 19.8 Å². The van der Waals surface area contributed by atoms with E-state index in [4.69, 9.17) is 4.74 Å². The lowest BCUT2D eigenvalue weighted by Crippen LogP contribution is -2.00. The summed E-state index contributed by atoms with van der Waals surface area (Å²) < 4.78 is 5.42. The van der Waals surface area contributed by atoms with Crippen molar-refractivity contribution in [2.75, 3.05) is 25.1 Å². The molecule has 0 fully saturated rings. The predicted molar refractivity (Wildman–Crippen MR) is 123 cm³/mol. The molecule has 1 aromatic rings. The maximum atomic E-state index is 5.42. The van der Waals surface area contributed by atoms with E-state index in [-0.39, 0.29) is 0 Å². The van der Waals surface area contributed by atoms with Gasteiger partial charge in [-0.15, -0.1) is 11.3 Å². The summed E-state index contributed by atoms with van der Waals surface area (Å²) in [5.41, 5.74) is 1.29. The zero-order valence-electron chi connectivity index (χ0n) is 18.2. The van der Waals surface area contributed by atoms with E-state index in [1.807, 2.05) is 11.3 Å². The smallest absolute Gasteiger partial charge is 0.0514 e. The Kier molecular flexibility index (Phi) is 17.1. The van der Waals surface area contributed by atoms with Gasteiger partial charge in [-0.2, -0.15) is 0 Å². The summed E-state index contributed by atoms with van der Waals surface area (Å²) in [5.74, 6) is 0. The first kappa shape index (κ1) is 24.5. The van der Waals surface area contributed by atoms with Crippen LogP contribution in [-0.2, 0) is 11.2 Å². The van der Waals surface area contributed by atoms with Crippen LogP contribution in [0.2, 0.25) is 0 Å². The Hall–Kier alpha value is -0.540. The molecule has 1 N–H and O–H groups in total. The zero-order chi connectivity index (χ0) is 19.4. The van der Waals surface area contributed by atoms with Crippen LogP contribution in [0.5, 0.6) is 0 Å². The van der Waals surface area contributed by atoms with Gasteiger partial charge in [0.05, 0.1) is 6.61 Å².